The van der Waals surface area contributed by atoms with Crippen LogP contribution in [-0.4, -0.2) is 44.2 Å². The Morgan fingerprint density at radius 3 is 2.76 bits per heavy atom. The number of ether oxygens (including phenoxy) is 2. The van der Waals surface area contributed by atoms with Crippen LogP contribution in [-0.2, 0) is 9.53 Å². The van der Waals surface area contributed by atoms with Crippen molar-refractivity contribution in [3.05, 3.63) is 41.2 Å². The van der Waals surface area contributed by atoms with E-state index in [1.807, 2.05) is 25.1 Å². The molecule has 0 bridgehead atoms. The quantitative estimate of drug-likeness (QED) is 0.862. The van der Waals surface area contributed by atoms with Gasteiger partial charge in [-0.2, -0.15) is 0 Å². The van der Waals surface area contributed by atoms with E-state index in [1.165, 1.54) is 12.8 Å². The largest absolute Gasteiger partial charge is 0.498 e. The first-order chi connectivity index (χ1) is 12.2. The molecule has 25 heavy (non-hydrogen) atoms. The zero-order valence-corrected chi connectivity index (χ0v) is 15.2. The fourth-order valence-electron chi connectivity index (χ4n) is 3.74. The molecule has 0 saturated carbocycles. The Morgan fingerprint density at radius 1 is 1.28 bits per heavy atom. The molecule has 1 amide bonds. The fourth-order valence-corrected chi connectivity index (χ4v) is 3.74. The lowest BCUT2D eigenvalue weighted by atomic mass is 10.0. The van der Waals surface area contributed by atoms with Crippen molar-refractivity contribution in [2.75, 3.05) is 33.4 Å². The minimum Gasteiger partial charge on any atom is -0.498 e. The van der Waals surface area contributed by atoms with Gasteiger partial charge in [0.1, 0.15) is 11.5 Å². The first-order valence-corrected chi connectivity index (χ1v) is 9.18. The van der Waals surface area contributed by atoms with Crippen LogP contribution < -0.4 is 10.1 Å². The van der Waals surface area contributed by atoms with Crippen molar-refractivity contribution in [3.63, 3.8) is 0 Å². The average Bonchev–Trinajstić information content (AvgIpc) is 3.17. The number of hydrogen-bond donors (Lipinski definition) is 1. The summed E-state index contributed by atoms with van der Waals surface area (Å²) in [6, 6.07) is 8.23. The highest BCUT2D eigenvalue weighted by Crippen LogP contribution is 2.31. The van der Waals surface area contributed by atoms with E-state index < -0.39 is 0 Å². The zero-order chi connectivity index (χ0) is 17.6. The fraction of sp³-hybridized carbons (Fsp3) is 0.550. The van der Waals surface area contributed by atoms with Gasteiger partial charge in [0.05, 0.1) is 25.3 Å². The van der Waals surface area contributed by atoms with Crippen molar-refractivity contribution in [1.29, 1.82) is 0 Å². The number of carbonyl (C=O) groups excluding carboxylic acids is 1. The maximum atomic E-state index is 12.6. The highest BCUT2D eigenvalue weighted by atomic mass is 16.5. The van der Waals surface area contributed by atoms with Gasteiger partial charge in [0, 0.05) is 12.1 Å². The minimum atomic E-state index is -0.00343. The van der Waals surface area contributed by atoms with E-state index in [2.05, 4.69) is 16.3 Å². The summed E-state index contributed by atoms with van der Waals surface area (Å²) in [4.78, 5) is 15.1. The molecular formula is C20H28N2O3. The standard InChI is InChI=1S/C20H28N2O3/c1-15-16(9-7-13-25-15)20(23)21-14-18(22-11-5-6-12-22)17-8-3-4-10-19(17)24-2/h3-4,8,10,18H,5-7,9,11-14H2,1-2H3,(H,21,23). The Morgan fingerprint density at radius 2 is 2.04 bits per heavy atom. The van der Waals surface area contributed by atoms with Crippen LogP contribution in [0.4, 0.5) is 0 Å². The van der Waals surface area contributed by atoms with E-state index in [-0.39, 0.29) is 11.9 Å². The zero-order valence-electron chi connectivity index (χ0n) is 15.2. The molecule has 0 spiro atoms. The molecular weight excluding hydrogens is 316 g/mol. The Kier molecular flexibility index (Phi) is 5.97. The van der Waals surface area contributed by atoms with Crippen molar-refractivity contribution >= 4 is 5.91 Å². The van der Waals surface area contributed by atoms with E-state index >= 15 is 0 Å². The lowest BCUT2D eigenvalue weighted by Crippen LogP contribution is -2.38. The first kappa shape index (κ1) is 17.8. The molecule has 2 aliphatic heterocycles. The maximum absolute atomic E-state index is 12.6. The summed E-state index contributed by atoms with van der Waals surface area (Å²) in [5.74, 6) is 1.64. The minimum absolute atomic E-state index is 0.00343. The molecule has 5 nitrogen and oxygen atoms in total. The molecule has 0 aliphatic carbocycles. The summed E-state index contributed by atoms with van der Waals surface area (Å²) < 4.78 is 11.1. The highest BCUT2D eigenvalue weighted by Gasteiger charge is 2.27. The van der Waals surface area contributed by atoms with Gasteiger partial charge in [-0.3, -0.25) is 9.69 Å². The average molecular weight is 344 g/mol. The number of rotatable bonds is 6. The number of nitrogens with zero attached hydrogens (tertiary/aromatic N) is 1. The second-order valence-electron chi connectivity index (χ2n) is 6.70. The van der Waals surface area contributed by atoms with Gasteiger partial charge in [-0.25, -0.2) is 0 Å². The SMILES string of the molecule is COc1ccccc1C(CNC(=O)C1=C(C)OCCC1)N1CCCC1. The molecule has 1 aromatic carbocycles. The van der Waals surface area contributed by atoms with Crippen LogP contribution in [0.5, 0.6) is 5.75 Å². The van der Waals surface area contributed by atoms with E-state index in [1.54, 1.807) is 7.11 Å². The van der Waals surface area contributed by atoms with Crippen molar-refractivity contribution in [3.8, 4) is 5.75 Å². The van der Waals surface area contributed by atoms with Crippen LogP contribution in [0.1, 0.15) is 44.2 Å². The number of methoxy groups -OCH3 is 1. The van der Waals surface area contributed by atoms with Gasteiger partial charge in [0.2, 0.25) is 0 Å². The summed E-state index contributed by atoms with van der Waals surface area (Å²) in [6.07, 6.45) is 4.11. The van der Waals surface area contributed by atoms with Gasteiger partial charge >= 0.3 is 0 Å². The number of para-hydroxylation sites is 1. The van der Waals surface area contributed by atoms with Crippen LogP contribution >= 0.6 is 0 Å². The third-order valence-corrected chi connectivity index (χ3v) is 5.12. The number of allylic oxidation sites excluding steroid dienone is 1. The summed E-state index contributed by atoms with van der Waals surface area (Å²) in [5, 5.41) is 3.14. The van der Waals surface area contributed by atoms with Crippen LogP contribution in [0.2, 0.25) is 0 Å². The third-order valence-electron chi connectivity index (χ3n) is 5.12. The van der Waals surface area contributed by atoms with Gasteiger partial charge in [0.25, 0.3) is 5.91 Å². The van der Waals surface area contributed by atoms with Gasteiger partial charge in [-0.05, 0) is 51.8 Å². The molecule has 1 aromatic rings. The van der Waals surface area contributed by atoms with Crippen molar-refractivity contribution in [2.45, 2.75) is 38.6 Å². The van der Waals surface area contributed by atoms with Gasteiger partial charge in [-0.1, -0.05) is 18.2 Å². The van der Waals surface area contributed by atoms with Crippen LogP contribution in [0, 0.1) is 0 Å². The van der Waals surface area contributed by atoms with Crippen molar-refractivity contribution in [2.24, 2.45) is 0 Å². The molecule has 2 heterocycles. The van der Waals surface area contributed by atoms with Crippen LogP contribution in [0.25, 0.3) is 0 Å². The smallest absolute Gasteiger partial charge is 0.250 e. The molecule has 136 valence electrons. The van der Waals surface area contributed by atoms with Crippen LogP contribution in [0.15, 0.2) is 35.6 Å². The number of nitrogens with one attached hydrogen (secondary N) is 1. The topological polar surface area (TPSA) is 50.8 Å². The Balaban J connectivity index is 1.75. The summed E-state index contributed by atoms with van der Waals surface area (Å²) in [7, 11) is 1.70. The second kappa shape index (κ2) is 8.39. The van der Waals surface area contributed by atoms with Crippen molar-refractivity contribution < 1.29 is 14.3 Å². The molecule has 1 N–H and O–H groups in total. The third kappa shape index (κ3) is 4.15. The summed E-state index contributed by atoms with van der Waals surface area (Å²) >= 11 is 0. The molecule has 0 radical (unpaired) electrons. The number of likely N-dealkylation sites (tertiary alicyclic amines) is 1. The second-order valence-corrected chi connectivity index (χ2v) is 6.70. The van der Waals surface area contributed by atoms with Gasteiger partial charge in [-0.15, -0.1) is 0 Å². The molecule has 5 heteroatoms. The Bertz CT molecular complexity index is 636. The maximum Gasteiger partial charge on any atom is 0.250 e. The van der Waals surface area contributed by atoms with Crippen molar-refractivity contribution in [1.82, 2.24) is 10.2 Å². The molecule has 3 rings (SSSR count). The number of benzene rings is 1. The summed E-state index contributed by atoms with van der Waals surface area (Å²) in [5.41, 5.74) is 1.92. The van der Waals surface area contributed by atoms with E-state index in [9.17, 15) is 4.79 Å². The predicted molar refractivity (Wildman–Crippen MR) is 97.4 cm³/mol. The first-order valence-electron chi connectivity index (χ1n) is 9.18. The van der Waals surface area contributed by atoms with E-state index in [4.69, 9.17) is 9.47 Å². The summed E-state index contributed by atoms with van der Waals surface area (Å²) in [6.45, 7) is 5.29. The van der Waals surface area contributed by atoms with Gasteiger partial charge < -0.3 is 14.8 Å². The Labute approximate surface area is 150 Å². The number of hydrogen-bond acceptors (Lipinski definition) is 4. The van der Waals surface area contributed by atoms with E-state index in [0.717, 1.165) is 48.6 Å². The molecule has 1 saturated heterocycles. The molecule has 2 aliphatic rings. The lowest BCUT2D eigenvalue weighted by molar-refractivity contribution is -0.118. The number of carbonyl (C=O) groups is 1. The van der Waals surface area contributed by atoms with Crippen LogP contribution in [0.3, 0.4) is 0 Å². The molecule has 0 aromatic heterocycles. The predicted octanol–water partition coefficient (Wildman–Crippen LogP) is 3.03. The monoisotopic (exact) mass is 344 g/mol. The molecule has 1 atom stereocenters. The molecule has 1 unspecified atom stereocenters. The highest BCUT2D eigenvalue weighted by molar-refractivity contribution is 5.93. The van der Waals surface area contributed by atoms with Gasteiger partial charge in [0.15, 0.2) is 0 Å². The Hall–Kier alpha value is -2.01. The normalized spacial score (nSPS) is 19.4. The van der Waals surface area contributed by atoms with E-state index in [0.29, 0.717) is 13.2 Å². The number of amides is 1. The molecule has 1 fully saturated rings. The lowest BCUT2D eigenvalue weighted by Gasteiger charge is -2.29.